The molecule has 0 unspecified atom stereocenters. The summed E-state index contributed by atoms with van der Waals surface area (Å²) in [4.78, 5) is 8.37. The van der Waals surface area contributed by atoms with Gasteiger partial charge in [0.05, 0.1) is 20.8 Å². The maximum Gasteiger partial charge on any atom is 0.257 e. The minimum absolute atomic E-state index is 0.368. The van der Waals surface area contributed by atoms with E-state index in [9.17, 15) is 0 Å². The van der Waals surface area contributed by atoms with Crippen LogP contribution in [0.5, 0.6) is 17.4 Å². The van der Waals surface area contributed by atoms with E-state index in [4.69, 9.17) is 14.2 Å². The first-order valence-corrected chi connectivity index (χ1v) is 7.18. The summed E-state index contributed by atoms with van der Waals surface area (Å²) in [5, 5.41) is 3.28. The van der Waals surface area contributed by atoms with Crippen molar-refractivity contribution >= 4 is 5.82 Å². The van der Waals surface area contributed by atoms with Crippen molar-refractivity contribution in [3.05, 3.63) is 36.2 Å². The fourth-order valence-corrected chi connectivity index (χ4v) is 2.51. The number of hydrogen-bond acceptors (Lipinski definition) is 6. The number of methoxy groups -OCH3 is 2. The molecule has 0 saturated heterocycles. The second-order valence-corrected chi connectivity index (χ2v) is 5.15. The van der Waals surface area contributed by atoms with E-state index in [2.05, 4.69) is 21.4 Å². The van der Waals surface area contributed by atoms with Crippen molar-refractivity contribution in [1.82, 2.24) is 9.97 Å². The Kier molecular flexibility index (Phi) is 4.27. The number of nitrogens with zero attached hydrogens (tertiary/aromatic N) is 2. The Hall–Kier alpha value is -2.50. The van der Waals surface area contributed by atoms with Gasteiger partial charge in [0.25, 0.3) is 5.88 Å². The van der Waals surface area contributed by atoms with E-state index in [1.54, 1.807) is 26.6 Å². The SMILES string of the molecule is COc1ccc2c(c1)OC[C@@H](CNc1nccnc1OC)C2. The van der Waals surface area contributed by atoms with Gasteiger partial charge in [-0.15, -0.1) is 0 Å². The van der Waals surface area contributed by atoms with Crippen LogP contribution in [-0.2, 0) is 6.42 Å². The topological polar surface area (TPSA) is 65.5 Å². The van der Waals surface area contributed by atoms with Crippen LogP contribution in [0.1, 0.15) is 5.56 Å². The zero-order valence-electron chi connectivity index (χ0n) is 12.7. The molecule has 0 spiro atoms. The molecule has 22 heavy (non-hydrogen) atoms. The first kappa shape index (κ1) is 14.4. The smallest absolute Gasteiger partial charge is 0.257 e. The molecular formula is C16H19N3O3. The van der Waals surface area contributed by atoms with Crippen LogP contribution in [0.3, 0.4) is 0 Å². The second-order valence-electron chi connectivity index (χ2n) is 5.15. The van der Waals surface area contributed by atoms with Crippen LogP contribution in [0.15, 0.2) is 30.6 Å². The van der Waals surface area contributed by atoms with Crippen molar-refractivity contribution in [1.29, 1.82) is 0 Å². The summed E-state index contributed by atoms with van der Waals surface area (Å²) in [6.07, 6.45) is 4.20. The Morgan fingerprint density at radius 1 is 1.23 bits per heavy atom. The van der Waals surface area contributed by atoms with Gasteiger partial charge in [0.1, 0.15) is 11.5 Å². The standard InChI is InChI=1S/C16H19N3O3/c1-20-13-4-3-12-7-11(10-22-14(12)8-13)9-19-15-16(21-2)18-6-5-17-15/h3-6,8,11H,7,9-10H2,1-2H3,(H,17,19)/t11-/m1/s1. The van der Waals surface area contributed by atoms with E-state index in [1.165, 1.54) is 5.56 Å². The van der Waals surface area contributed by atoms with E-state index in [-0.39, 0.29) is 0 Å². The Morgan fingerprint density at radius 2 is 2.09 bits per heavy atom. The van der Waals surface area contributed by atoms with Crippen molar-refractivity contribution in [3.63, 3.8) is 0 Å². The predicted molar refractivity (Wildman–Crippen MR) is 82.8 cm³/mol. The van der Waals surface area contributed by atoms with Crippen LogP contribution in [0.2, 0.25) is 0 Å². The van der Waals surface area contributed by atoms with Gasteiger partial charge in [0.15, 0.2) is 5.82 Å². The molecular weight excluding hydrogens is 282 g/mol. The van der Waals surface area contributed by atoms with Crippen LogP contribution in [-0.4, -0.2) is 37.3 Å². The van der Waals surface area contributed by atoms with Crippen molar-refractivity contribution in [2.45, 2.75) is 6.42 Å². The number of anilines is 1. The van der Waals surface area contributed by atoms with E-state index >= 15 is 0 Å². The van der Waals surface area contributed by atoms with Crippen LogP contribution >= 0.6 is 0 Å². The van der Waals surface area contributed by atoms with Crippen LogP contribution < -0.4 is 19.5 Å². The first-order valence-electron chi connectivity index (χ1n) is 7.18. The third-order valence-corrected chi connectivity index (χ3v) is 3.67. The molecule has 1 aromatic carbocycles. The summed E-state index contributed by atoms with van der Waals surface area (Å²) in [6, 6.07) is 5.96. The van der Waals surface area contributed by atoms with Crippen LogP contribution in [0, 0.1) is 5.92 Å². The fourth-order valence-electron chi connectivity index (χ4n) is 2.51. The lowest BCUT2D eigenvalue weighted by Gasteiger charge is -2.26. The molecule has 1 aliphatic heterocycles. The summed E-state index contributed by atoms with van der Waals surface area (Å²) in [5.74, 6) is 3.26. The Morgan fingerprint density at radius 3 is 2.91 bits per heavy atom. The molecule has 0 fully saturated rings. The highest BCUT2D eigenvalue weighted by molar-refractivity contribution is 5.45. The van der Waals surface area contributed by atoms with Gasteiger partial charge in [0, 0.05) is 30.9 Å². The van der Waals surface area contributed by atoms with E-state index in [1.807, 2.05) is 12.1 Å². The zero-order valence-corrected chi connectivity index (χ0v) is 12.7. The van der Waals surface area contributed by atoms with Crippen molar-refractivity contribution in [2.75, 3.05) is 32.7 Å². The van der Waals surface area contributed by atoms with Gasteiger partial charge in [-0.1, -0.05) is 6.07 Å². The highest BCUT2D eigenvalue weighted by atomic mass is 16.5. The third-order valence-electron chi connectivity index (χ3n) is 3.67. The largest absolute Gasteiger partial charge is 0.497 e. The molecule has 0 saturated carbocycles. The van der Waals surface area contributed by atoms with Gasteiger partial charge < -0.3 is 19.5 Å². The number of aromatic nitrogens is 2. The van der Waals surface area contributed by atoms with Crippen molar-refractivity contribution in [3.8, 4) is 17.4 Å². The van der Waals surface area contributed by atoms with Crippen LogP contribution in [0.25, 0.3) is 0 Å². The molecule has 6 nitrogen and oxygen atoms in total. The molecule has 0 bridgehead atoms. The minimum atomic E-state index is 0.368. The molecule has 0 amide bonds. The average Bonchev–Trinajstić information content (AvgIpc) is 2.59. The lowest BCUT2D eigenvalue weighted by molar-refractivity contribution is 0.228. The van der Waals surface area contributed by atoms with Crippen LogP contribution in [0.4, 0.5) is 5.82 Å². The summed E-state index contributed by atoms with van der Waals surface area (Å²) < 4.78 is 16.2. The third kappa shape index (κ3) is 3.05. The van der Waals surface area contributed by atoms with Gasteiger partial charge in [0.2, 0.25) is 0 Å². The molecule has 0 aliphatic carbocycles. The molecule has 1 aliphatic rings. The lowest BCUT2D eigenvalue weighted by atomic mass is 9.96. The number of rotatable bonds is 5. The summed E-state index contributed by atoms with van der Waals surface area (Å²) >= 11 is 0. The molecule has 6 heteroatoms. The fraction of sp³-hybridized carbons (Fsp3) is 0.375. The molecule has 0 radical (unpaired) electrons. The molecule has 116 valence electrons. The summed E-state index contributed by atoms with van der Waals surface area (Å²) in [7, 11) is 3.24. The Balaban J connectivity index is 1.63. The van der Waals surface area contributed by atoms with E-state index in [0.29, 0.717) is 24.2 Å². The molecule has 1 aromatic heterocycles. The molecule has 1 N–H and O–H groups in total. The zero-order chi connectivity index (χ0) is 15.4. The number of nitrogens with one attached hydrogen (secondary N) is 1. The van der Waals surface area contributed by atoms with Gasteiger partial charge in [-0.2, -0.15) is 0 Å². The predicted octanol–water partition coefficient (Wildman–Crippen LogP) is 2.16. The van der Waals surface area contributed by atoms with Gasteiger partial charge >= 0.3 is 0 Å². The molecule has 3 rings (SSSR count). The first-order chi connectivity index (χ1) is 10.8. The number of benzene rings is 1. The maximum absolute atomic E-state index is 5.84. The van der Waals surface area contributed by atoms with E-state index in [0.717, 1.165) is 24.5 Å². The monoisotopic (exact) mass is 301 g/mol. The quantitative estimate of drug-likeness (QED) is 0.913. The molecule has 2 heterocycles. The second kappa shape index (κ2) is 6.51. The normalized spacial score (nSPS) is 16.4. The highest BCUT2D eigenvalue weighted by Gasteiger charge is 2.21. The minimum Gasteiger partial charge on any atom is -0.497 e. The maximum atomic E-state index is 5.84. The lowest BCUT2D eigenvalue weighted by Crippen LogP contribution is -2.27. The molecule has 2 aromatic rings. The summed E-state index contributed by atoms with van der Waals surface area (Å²) in [6.45, 7) is 1.41. The number of fused-ring (bicyclic) bond motifs is 1. The van der Waals surface area contributed by atoms with Gasteiger partial charge in [-0.25, -0.2) is 9.97 Å². The molecule has 1 atom stereocenters. The highest BCUT2D eigenvalue weighted by Crippen LogP contribution is 2.31. The van der Waals surface area contributed by atoms with Crippen molar-refractivity contribution < 1.29 is 14.2 Å². The van der Waals surface area contributed by atoms with Gasteiger partial charge in [-0.3, -0.25) is 0 Å². The van der Waals surface area contributed by atoms with Crippen molar-refractivity contribution in [2.24, 2.45) is 5.92 Å². The number of ether oxygens (including phenoxy) is 3. The summed E-state index contributed by atoms with van der Waals surface area (Å²) in [5.41, 5.74) is 1.20. The number of hydrogen-bond donors (Lipinski definition) is 1. The Labute approximate surface area is 129 Å². The average molecular weight is 301 g/mol. The Bertz CT molecular complexity index is 648. The van der Waals surface area contributed by atoms with Gasteiger partial charge in [-0.05, 0) is 18.1 Å². The van der Waals surface area contributed by atoms with E-state index < -0.39 is 0 Å².